The highest BCUT2D eigenvalue weighted by molar-refractivity contribution is 6.01. The summed E-state index contributed by atoms with van der Waals surface area (Å²) in [4.78, 5) is 48.8. The lowest BCUT2D eigenvalue weighted by atomic mass is 10.0. The molecule has 1 aliphatic heterocycles. The molecule has 2 heterocycles. The summed E-state index contributed by atoms with van der Waals surface area (Å²) in [5.41, 5.74) is 2.04. The number of carbonyl (C=O) groups excluding carboxylic acids is 3. The number of hydrogen-bond acceptors (Lipinski definition) is 8. The second kappa shape index (κ2) is 16.7. The fourth-order valence-corrected chi connectivity index (χ4v) is 5.11. The maximum Gasteiger partial charge on any atom is 0.339 e. The van der Waals surface area contributed by atoms with Crippen LogP contribution >= 0.6 is 0 Å². The second-order valence-corrected chi connectivity index (χ2v) is 10.9. The number of aromatic nitrogens is 2. The van der Waals surface area contributed by atoms with E-state index in [2.05, 4.69) is 18.7 Å². The zero-order chi connectivity index (χ0) is 31.3. The van der Waals surface area contributed by atoms with Gasteiger partial charge in [0.15, 0.2) is 0 Å². The third-order valence-corrected chi connectivity index (χ3v) is 7.72. The Bertz CT molecular complexity index is 1380. The summed E-state index contributed by atoms with van der Waals surface area (Å²) < 4.78 is 18.1. The van der Waals surface area contributed by atoms with Crippen LogP contribution in [0.4, 0.5) is 0 Å². The zero-order valence-corrected chi connectivity index (χ0v) is 26.1. The Hall–Kier alpha value is -4.02. The van der Waals surface area contributed by atoms with E-state index in [0.717, 1.165) is 50.9 Å². The summed E-state index contributed by atoms with van der Waals surface area (Å²) in [5, 5.41) is 0. The highest BCUT2D eigenvalue weighted by atomic mass is 16.5. The van der Waals surface area contributed by atoms with Crippen LogP contribution in [0.2, 0.25) is 0 Å². The monoisotopic (exact) mass is 604 g/mol. The minimum Gasteiger partial charge on any atom is -0.465 e. The van der Waals surface area contributed by atoms with E-state index in [9.17, 15) is 14.4 Å². The fraction of sp³-hybridized carbons (Fsp3) is 0.471. The number of hydrogen-bond donors (Lipinski definition) is 0. The fourth-order valence-electron chi connectivity index (χ4n) is 5.11. The molecule has 10 heteroatoms. The van der Waals surface area contributed by atoms with Gasteiger partial charge >= 0.3 is 11.9 Å². The number of unbranched alkanes of at least 4 members (excludes halogenated alkanes) is 2. The van der Waals surface area contributed by atoms with Gasteiger partial charge in [0.05, 0.1) is 31.5 Å². The zero-order valence-electron chi connectivity index (χ0n) is 26.1. The molecule has 2 aromatic carbocycles. The second-order valence-electron chi connectivity index (χ2n) is 10.9. The first-order chi connectivity index (χ1) is 21.4. The maximum absolute atomic E-state index is 13.8. The van der Waals surface area contributed by atoms with Gasteiger partial charge in [0.25, 0.3) is 5.91 Å². The number of nitrogens with zero attached hydrogens (tertiary/aromatic N) is 4. The molecule has 4 rings (SSSR count). The van der Waals surface area contributed by atoms with Crippen molar-refractivity contribution < 1.29 is 28.6 Å². The van der Waals surface area contributed by atoms with Gasteiger partial charge in [-0.3, -0.25) is 9.69 Å². The Balaban J connectivity index is 1.73. The van der Waals surface area contributed by atoms with Crippen molar-refractivity contribution in [3.63, 3.8) is 0 Å². The summed E-state index contributed by atoms with van der Waals surface area (Å²) in [7, 11) is 1.29. The van der Waals surface area contributed by atoms with Crippen molar-refractivity contribution in [2.75, 3.05) is 53.0 Å². The molecule has 0 saturated carbocycles. The topological polar surface area (TPSA) is 103 Å². The normalized spacial score (nSPS) is 13.4. The van der Waals surface area contributed by atoms with Crippen molar-refractivity contribution in [2.24, 2.45) is 0 Å². The van der Waals surface area contributed by atoms with Crippen LogP contribution < -0.4 is 0 Å². The summed E-state index contributed by atoms with van der Waals surface area (Å²) in [6.45, 7) is 9.89. The highest BCUT2D eigenvalue weighted by Gasteiger charge is 2.25. The van der Waals surface area contributed by atoms with Crippen LogP contribution in [-0.4, -0.2) is 90.2 Å². The van der Waals surface area contributed by atoms with Gasteiger partial charge in [-0.25, -0.2) is 14.6 Å². The van der Waals surface area contributed by atoms with Crippen molar-refractivity contribution in [1.29, 1.82) is 0 Å². The van der Waals surface area contributed by atoms with Gasteiger partial charge in [0.1, 0.15) is 18.1 Å². The van der Waals surface area contributed by atoms with Crippen molar-refractivity contribution in [2.45, 2.75) is 52.7 Å². The van der Waals surface area contributed by atoms with Crippen molar-refractivity contribution >= 4 is 17.8 Å². The molecule has 1 amide bonds. The Morgan fingerprint density at radius 2 is 1.64 bits per heavy atom. The molecule has 1 aromatic heterocycles. The molecule has 0 atom stereocenters. The largest absolute Gasteiger partial charge is 0.465 e. The standard InChI is InChI=1S/C34H44N4O6/c1-4-6-15-37(16-7-5-2)32(39)30-24-38(18-17-36-19-21-43-22-20-36)31(35-30)28-14-13-27(33(40)42-3)23-29(28)34(41)44-25-26-11-9-8-10-12-26/h8-14,23-24H,4-7,15-22,25H2,1-3H3. The van der Waals surface area contributed by atoms with Gasteiger partial charge in [-0.2, -0.15) is 0 Å². The van der Waals surface area contributed by atoms with E-state index in [0.29, 0.717) is 49.9 Å². The minimum atomic E-state index is -0.599. The number of esters is 2. The minimum absolute atomic E-state index is 0.0700. The lowest BCUT2D eigenvalue weighted by molar-refractivity contribution is 0.0364. The van der Waals surface area contributed by atoms with Crippen LogP contribution in [0.15, 0.2) is 54.7 Å². The molecule has 3 aromatic rings. The predicted octanol–water partition coefficient (Wildman–Crippen LogP) is 5.07. The number of amides is 1. The van der Waals surface area contributed by atoms with E-state index in [-0.39, 0.29) is 23.6 Å². The summed E-state index contributed by atoms with van der Waals surface area (Å²) >= 11 is 0. The van der Waals surface area contributed by atoms with Crippen LogP contribution in [0.25, 0.3) is 11.4 Å². The molecule has 236 valence electrons. The number of rotatable bonds is 15. The first kappa shape index (κ1) is 32.9. The molecule has 0 radical (unpaired) electrons. The van der Waals surface area contributed by atoms with E-state index in [1.165, 1.54) is 13.2 Å². The first-order valence-electron chi connectivity index (χ1n) is 15.6. The summed E-state index contributed by atoms with van der Waals surface area (Å²) in [6, 6.07) is 14.2. The molecule has 1 saturated heterocycles. The molecule has 0 spiro atoms. The highest BCUT2D eigenvalue weighted by Crippen LogP contribution is 2.27. The molecule has 0 aliphatic carbocycles. The first-order valence-corrected chi connectivity index (χ1v) is 15.6. The molecule has 0 N–H and O–H groups in total. The van der Waals surface area contributed by atoms with Crippen molar-refractivity contribution in [1.82, 2.24) is 19.4 Å². The lowest BCUT2D eigenvalue weighted by Gasteiger charge is -2.26. The molecule has 44 heavy (non-hydrogen) atoms. The number of morpholine rings is 1. The Labute approximate surface area is 259 Å². The molecule has 1 aliphatic rings. The van der Waals surface area contributed by atoms with Gasteiger partial charge in [-0.1, -0.05) is 57.0 Å². The molecule has 0 unspecified atom stereocenters. The quantitative estimate of drug-likeness (QED) is 0.222. The molecule has 10 nitrogen and oxygen atoms in total. The van der Waals surface area contributed by atoms with E-state index >= 15 is 0 Å². The third-order valence-electron chi connectivity index (χ3n) is 7.72. The van der Waals surface area contributed by atoms with Crippen LogP contribution in [0.5, 0.6) is 0 Å². The average Bonchev–Trinajstić information content (AvgIpc) is 3.50. The Morgan fingerprint density at radius 1 is 0.932 bits per heavy atom. The van der Waals surface area contributed by atoms with E-state index in [1.807, 2.05) is 39.8 Å². The van der Waals surface area contributed by atoms with E-state index in [4.69, 9.17) is 19.2 Å². The van der Waals surface area contributed by atoms with Gasteiger partial charge in [-0.05, 0) is 36.6 Å². The van der Waals surface area contributed by atoms with Gasteiger partial charge < -0.3 is 23.7 Å². The molecular weight excluding hydrogens is 560 g/mol. The van der Waals surface area contributed by atoms with Crippen molar-refractivity contribution in [3.05, 3.63) is 77.1 Å². The predicted molar refractivity (Wildman–Crippen MR) is 168 cm³/mol. The number of carbonyl (C=O) groups is 3. The van der Waals surface area contributed by atoms with Gasteiger partial charge in [0.2, 0.25) is 0 Å². The smallest absolute Gasteiger partial charge is 0.339 e. The third kappa shape index (κ3) is 8.76. The number of methoxy groups -OCH3 is 1. The number of ether oxygens (including phenoxy) is 3. The molecular formula is C34H44N4O6. The average molecular weight is 605 g/mol. The SMILES string of the molecule is CCCCN(CCCC)C(=O)c1cn(CCN2CCOCC2)c(-c2ccc(C(=O)OC)cc2C(=O)OCc2ccccc2)n1. The van der Waals surface area contributed by atoms with E-state index < -0.39 is 11.9 Å². The van der Waals surface area contributed by atoms with Crippen molar-refractivity contribution in [3.8, 4) is 11.4 Å². The van der Waals surface area contributed by atoms with Crippen LogP contribution in [0.3, 0.4) is 0 Å². The van der Waals surface area contributed by atoms with Crippen LogP contribution in [0.1, 0.15) is 76.3 Å². The lowest BCUT2D eigenvalue weighted by Crippen LogP contribution is -2.38. The summed E-state index contributed by atoms with van der Waals surface area (Å²) in [6.07, 6.45) is 5.57. The van der Waals surface area contributed by atoms with Gasteiger partial charge in [-0.15, -0.1) is 0 Å². The summed E-state index contributed by atoms with van der Waals surface area (Å²) in [5.74, 6) is -0.825. The maximum atomic E-state index is 13.8. The Morgan fingerprint density at radius 3 is 2.30 bits per heavy atom. The number of benzene rings is 2. The number of imidazole rings is 1. The molecule has 0 bridgehead atoms. The Kier molecular flexibility index (Phi) is 12.5. The van der Waals surface area contributed by atoms with E-state index in [1.54, 1.807) is 18.3 Å². The van der Waals surface area contributed by atoms with Gasteiger partial charge in [0, 0.05) is 51.0 Å². The van der Waals surface area contributed by atoms with Crippen LogP contribution in [0, 0.1) is 0 Å². The van der Waals surface area contributed by atoms with Crippen LogP contribution in [-0.2, 0) is 27.4 Å². The molecule has 1 fully saturated rings.